The minimum Gasteiger partial charge on any atom is -0.465 e. The molecule has 1 fully saturated rings. The van der Waals surface area contributed by atoms with Crippen LogP contribution < -0.4 is 15.5 Å². The van der Waals surface area contributed by atoms with Gasteiger partial charge in [-0.3, -0.25) is 9.69 Å². The third kappa shape index (κ3) is 4.88. The van der Waals surface area contributed by atoms with Crippen LogP contribution in [0.5, 0.6) is 0 Å². The van der Waals surface area contributed by atoms with E-state index in [1.54, 1.807) is 6.07 Å². The van der Waals surface area contributed by atoms with Gasteiger partial charge in [0, 0.05) is 31.7 Å². The van der Waals surface area contributed by atoms with Crippen molar-refractivity contribution in [2.24, 2.45) is 0 Å². The smallest absolute Gasteiger partial charge is 0.408 e. The SMILES string of the molecule is CC(C)NC(=O)C1CN(c2cc(Nc3ncc(C#N)s3)ncn2)CCN1C(=O)O. The van der Waals surface area contributed by atoms with Crippen LogP contribution in [0.15, 0.2) is 18.6 Å². The molecule has 3 heterocycles. The molecule has 11 nitrogen and oxygen atoms in total. The summed E-state index contributed by atoms with van der Waals surface area (Å²) in [7, 11) is 0. The summed E-state index contributed by atoms with van der Waals surface area (Å²) in [4.78, 5) is 40.0. The summed E-state index contributed by atoms with van der Waals surface area (Å²) >= 11 is 1.20. The molecule has 0 bridgehead atoms. The van der Waals surface area contributed by atoms with Crippen LogP contribution >= 0.6 is 11.3 Å². The maximum atomic E-state index is 12.5. The van der Waals surface area contributed by atoms with Gasteiger partial charge in [-0.1, -0.05) is 11.3 Å². The number of nitrogens with zero attached hydrogens (tertiary/aromatic N) is 6. The van der Waals surface area contributed by atoms with Crippen LogP contribution in [0, 0.1) is 11.3 Å². The number of nitriles is 1. The van der Waals surface area contributed by atoms with Crippen LogP contribution in [0.4, 0.5) is 21.6 Å². The molecule has 0 radical (unpaired) electrons. The lowest BCUT2D eigenvalue weighted by Gasteiger charge is -2.39. The van der Waals surface area contributed by atoms with Crippen molar-refractivity contribution < 1.29 is 14.7 Å². The molecule has 1 saturated heterocycles. The molecular formula is C17H20N8O3S. The lowest BCUT2D eigenvalue weighted by atomic mass is 10.1. The minimum absolute atomic E-state index is 0.0972. The molecule has 1 unspecified atom stereocenters. The Kier molecular flexibility index (Phi) is 6.08. The fourth-order valence-electron chi connectivity index (χ4n) is 2.91. The summed E-state index contributed by atoms with van der Waals surface area (Å²) in [6.45, 7) is 4.39. The molecule has 0 aliphatic carbocycles. The van der Waals surface area contributed by atoms with Crippen LogP contribution in [0.1, 0.15) is 18.7 Å². The molecule has 2 aromatic heterocycles. The van der Waals surface area contributed by atoms with Crippen molar-refractivity contribution in [2.45, 2.75) is 25.9 Å². The van der Waals surface area contributed by atoms with Gasteiger partial charge in [-0.15, -0.1) is 0 Å². The predicted molar refractivity (Wildman–Crippen MR) is 106 cm³/mol. The highest BCUT2D eigenvalue weighted by molar-refractivity contribution is 7.16. The summed E-state index contributed by atoms with van der Waals surface area (Å²) in [5.41, 5.74) is 0. The zero-order chi connectivity index (χ0) is 21.0. The summed E-state index contributed by atoms with van der Waals surface area (Å²) in [5, 5.41) is 24.7. The van der Waals surface area contributed by atoms with Gasteiger partial charge in [0.05, 0.1) is 6.20 Å². The number of thiazole rings is 1. The van der Waals surface area contributed by atoms with Gasteiger partial charge >= 0.3 is 6.09 Å². The van der Waals surface area contributed by atoms with E-state index in [1.807, 2.05) is 24.8 Å². The fourth-order valence-corrected chi connectivity index (χ4v) is 3.53. The van der Waals surface area contributed by atoms with Crippen LogP contribution in [0.3, 0.4) is 0 Å². The number of amides is 2. The van der Waals surface area contributed by atoms with Crippen molar-refractivity contribution in [3.63, 3.8) is 0 Å². The van der Waals surface area contributed by atoms with Gasteiger partial charge in [-0.05, 0) is 13.8 Å². The summed E-state index contributed by atoms with van der Waals surface area (Å²) in [6, 6.07) is 2.78. The first-order valence-electron chi connectivity index (χ1n) is 8.87. The Balaban J connectivity index is 1.76. The number of carbonyl (C=O) groups is 2. The van der Waals surface area contributed by atoms with Gasteiger partial charge in [0.25, 0.3) is 0 Å². The molecule has 3 N–H and O–H groups in total. The Bertz CT molecular complexity index is 941. The number of anilines is 3. The third-order valence-corrected chi connectivity index (χ3v) is 5.00. The first-order valence-corrected chi connectivity index (χ1v) is 9.69. The number of carbonyl (C=O) groups excluding carboxylic acids is 1. The van der Waals surface area contributed by atoms with Crippen molar-refractivity contribution in [2.75, 3.05) is 29.9 Å². The van der Waals surface area contributed by atoms with Gasteiger partial charge in [-0.25, -0.2) is 19.7 Å². The van der Waals surface area contributed by atoms with Crippen LogP contribution in [0.2, 0.25) is 0 Å². The Labute approximate surface area is 171 Å². The number of carboxylic acid groups (broad SMARTS) is 1. The van der Waals surface area contributed by atoms with Crippen molar-refractivity contribution in [1.29, 1.82) is 5.26 Å². The first-order chi connectivity index (χ1) is 13.9. The number of hydrogen-bond donors (Lipinski definition) is 3. The lowest BCUT2D eigenvalue weighted by Crippen LogP contribution is -2.61. The largest absolute Gasteiger partial charge is 0.465 e. The number of rotatable bonds is 5. The molecule has 1 atom stereocenters. The summed E-state index contributed by atoms with van der Waals surface area (Å²) < 4.78 is 0. The van der Waals surface area contributed by atoms with Crippen LogP contribution in [-0.4, -0.2) is 68.7 Å². The van der Waals surface area contributed by atoms with E-state index in [0.29, 0.717) is 28.2 Å². The van der Waals surface area contributed by atoms with Gasteiger partial charge in [-0.2, -0.15) is 5.26 Å². The second kappa shape index (κ2) is 8.70. The molecule has 1 aliphatic rings. The van der Waals surface area contributed by atoms with Gasteiger partial charge in [0.15, 0.2) is 5.13 Å². The number of nitrogens with one attached hydrogen (secondary N) is 2. The molecule has 0 spiro atoms. The van der Waals surface area contributed by atoms with Crippen molar-refractivity contribution in [3.05, 3.63) is 23.5 Å². The lowest BCUT2D eigenvalue weighted by molar-refractivity contribution is -0.126. The molecule has 152 valence electrons. The van der Waals surface area contributed by atoms with Crippen LogP contribution in [-0.2, 0) is 4.79 Å². The van der Waals surface area contributed by atoms with E-state index in [0.717, 1.165) is 4.90 Å². The van der Waals surface area contributed by atoms with E-state index in [1.165, 1.54) is 23.9 Å². The second-order valence-corrected chi connectivity index (χ2v) is 7.66. The summed E-state index contributed by atoms with van der Waals surface area (Å²) in [5.74, 6) is 0.705. The van der Waals surface area contributed by atoms with Crippen LogP contribution in [0.25, 0.3) is 0 Å². The molecule has 0 saturated carbocycles. The van der Waals surface area contributed by atoms with E-state index >= 15 is 0 Å². The number of piperazine rings is 1. The monoisotopic (exact) mass is 416 g/mol. The van der Waals surface area contributed by atoms with Crippen molar-refractivity contribution >= 4 is 40.1 Å². The quantitative estimate of drug-likeness (QED) is 0.655. The second-order valence-electron chi connectivity index (χ2n) is 6.63. The zero-order valence-electron chi connectivity index (χ0n) is 15.9. The average molecular weight is 416 g/mol. The van der Waals surface area contributed by atoms with Gasteiger partial charge < -0.3 is 20.6 Å². The highest BCUT2D eigenvalue weighted by Crippen LogP contribution is 2.24. The van der Waals surface area contributed by atoms with E-state index in [9.17, 15) is 14.7 Å². The Morgan fingerprint density at radius 2 is 2.14 bits per heavy atom. The number of aromatic nitrogens is 3. The minimum atomic E-state index is -1.13. The van der Waals surface area contributed by atoms with E-state index in [2.05, 4.69) is 25.6 Å². The fraction of sp³-hybridized carbons (Fsp3) is 0.412. The maximum Gasteiger partial charge on any atom is 0.408 e. The van der Waals surface area contributed by atoms with Crippen molar-refractivity contribution in [3.8, 4) is 6.07 Å². The van der Waals surface area contributed by atoms with E-state index < -0.39 is 12.1 Å². The zero-order valence-corrected chi connectivity index (χ0v) is 16.7. The molecule has 12 heteroatoms. The predicted octanol–water partition coefficient (Wildman–Crippen LogP) is 1.24. The summed E-state index contributed by atoms with van der Waals surface area (Å²) in [6.07, 6.45) is 1.72. The normalized spacial score (nSPS) is 16.4. The number of hydrogen-bond acceptors (Lipinski definition) is 9. The molecule has 29 heavy (non-hydrogen) atoms. The Morgan fingerprint density at radius 3 is 2.79 bits per heavy atom. The first kappa shape index (κ1) is 20.3. The van der Waals surface area contributed by atoms with Gasteiger partial charge in [0.1, 0.15) is 35.0 Å². The van der Waals surface area contributed by atoms with E-state index in [-0.39, 0.29) is 25.0 Å². The topological polar surface area (TPSA) is 147 Å². The molecule has 0 aromatic carbocycles. The molecule has 3 rings (SSSR count). The maximum absolute atomic E-state index is 12.5. The highest BCUT2D eigenvalue weighted by Gasteiger charge is 2.36. The Morgan fingerprint density at radius 1 is 1.34 bits per heavy atom. The molecular weight excluding hydrogens is 396 g/mol. The molecule has 2 aromatic rings. The average Bonchev–Trinajstić information content (AvgIpc) is 3.14. The third-order valence-electron chi connectivity index (χ3n) is 4.19. The van der Waals surface area contributed by atoms with Crippen molar-refractivity contribution in [1.82, 2.24) is 25.2 Å². The highest BCUT2D eigenvalue weighted by atomic mass is 32.1. The van der Waals surface area contributed by atoms with E-state index in [4.69, 9.17) is 5.26 Å². The van der Waals surface area contributed by atoms with Gasteiger partial charge in [0.2, 0.25) is 5.91 Å². The Hall–Kier alpha value is -3.46. The molecule has 1 aliphatic heterocycles. The molecule has 2 amide bonds. The standard InChI is InChI=1S/C17H20N8O3S/c1-10(2)22-15(26)12-8-24(3-4-25(12)17(27)28)14-5-13(20-9-21-14)23-16-19-7-11(6-18)29-16/h5,7,9-10,12H,3-4,8H2,1-2H3,(H,22,26)(H,27,28)(H,19,20,21,23).